The third kappa shape index (κ3) is 2.77. The molecule has 4 heteroatoms. The molecule has 2 heterocycles. The Bertz CT molecular complexity index is 485. The number of hydrogen-bond donors (Lipinski definition) is 1. The van der Waals surface area contributed by atoms with Crippen molar-refractivity contribution >= 4 is 0 Å². The van der Waals surface area contributed by atoms with Crippen LogP contribution in [-0.4, -0.2) is 11.5 Å². The fourth-order valence-corrected chi connectivity index (χ4v) is 1.76. The highest BCUT2D eigenvalue weighted by Crippen LogP contribution is 2.26. The lowest BCUT2D eigenvalue weighted by molar-refractivity contribution is 0.474. The van der Waals surface area contributed by atoms with E-state index in [0.29, 0.717) is 12.4 Å². The Kier molecular flexibility index (Phi) is 3.64. The highest BCUT2D eigenvalue weighted by molar-refractivity contribution is 5.59. The Balaban J connectivity index is 2.10. The topological polar surface area (TPSA) is 51.2 Å². The molecule has 0 aliphatic heterocycles. The van der Waals surface area contributed by atoms with E-state index in [4.69, 9.17) is 8.83 Å². The predicted molar refractivity (Wildman–Crippen MR) is 65.7 cm³/mol. The number of aryl methyl sites for hydroxylation is 2. The third-order valence-electron chi connectivity index (χ3n) is 2.56. The zero-order chi connectivity index (χ0) is 12.3. The molecule has 0 amide bonds. The number of oxazole rings is 1. The summed E-state index contributed by atoms with van der Waals surface area (Å²) in [6.45, 7) is 7.63. The highest BCUT2D eigenvalue weighted by atomic mass is 16.4. The van der Waals surface area contributed by atoms with Crippen molar-refractivity contribution in [3.63, 3.8) is 0 Å². The van der Waals surface area contributed by atoms with E-state index in [1.54, 1.807) is 6.20 Å². The van der Waals surface area contributed by atoms with Crippen LogP contribution in [0.2, 0.25) is 0 Å². The minimum Gasteiger partial charge on any atom is -0.466 e. The van der Waals surface area contributed by atoms with Gasteiger partial charge in [0.05, 0.1) is 18.3 Å². The largest absolute Gasteiger partial charge is 0.466 e. The molecule has 2 aromatic rings. The summed E-state index contributed by atoms with van der Waals surface area (Å²) < 4.78 is 11.2. The van der Waals surface area contributed by atoms with Gasteiger partial charge in [0.15, 0.2) is 5.76 Å². The zero-order valence-electron chi connectivity index (χ0n) is 10.5. The summed E-state index contributed by atoms with van der Waals surface area (Å²) in [5, 5.41) is 3.26. The van der Waals surface area contributed by atoms with Crippen molar-refractivity contribution in [2.24, 2.45) is 0 Å². The normalized spacial score (nSPS) is 11.0. The molecular formula is C13H18N2O2. The van der Waals surface area contributed by atoms with Gasteiger partial charge >= 0.3 is 0 Å². The first kappa shape index (κ1) is 11.9. The number of hydrogen-bond acceptors (Lipinski definition) is 4. The monoisotopic (exact) mass is 234 g/mol. The fraction of sp³-hybridized carbons (Fsp3) is 0.462. The van der Waals surface area contributed by atoms with Gasteiger partial charge in [0.25, 0.3) is 0 Å². The molecule has 0 aromatic carbocycles. The molecule has 0 aliphatic carbocycles. The van der Waals surface area contributed by atoms with Crippen molar-refractivity contribution in [3.05, 3.63) is 29.7 Å². The van der Waals surface area contributed by atoms with E-state index in [9.17, 15) is 0 Å². The van der Waals surface area contributed by atoms with Gasteiger partial charge in [0.1, 0.15) is 11.5 Å². The van der Waals surface area contributed by atoms with E-state index in [1.807, 2.05) is 19.9 Å². The Labute approximate surface area is 101 Å². The Morgan fingerprint density at radius 2 is 2.12 bits per heavy atom. The van der Waals surface area contributed by atoms with Crippen molar-refractivity contribution in [1.29, 1.82) is 0 Å². The Morgan fingerprint density at radius 1 is 1.29 bits per heavy atom. The summed E-state index contributed by atoms with van der Waals surface area (Å²) in [6.07, 6.45) is 2.86. The number of aromatic nitrogens is 1. The molecule has 1 N–H and O–H groups in total. The van der Waals surface area contributed by atoms with E-state index < -0.39 is 0 Å². The second kappa shape index (κ2) is 5.19. The molecule has 4 nitrogen and oxygen atoms in total. The first-order valence-corrected chi connectivity index (χ1v) is 5.93. The molecule has 0 unspecified atom stereocenters. The number of rotatable bonds is 5. The van der Waals surface area contributed by atoms with Crippen LogP contribution < -0.4 is 5.32 Å². The SMILES string of the molecule is CCCNCc1ncc(-c2cc(C)oc2C)o1. The lowest BCUT2D eigenvalue weighted by Gasteiger charge is -1.97. The van der Waals surface area contributed by atoms with Crippen LogP contribution >= 0.6 is 0 Å². The maximum Gasteiger partial charge on any atom is 0.208 e. The van der Waals surface area contributed by atoms with Crippen molar-refractivity contribution < 1.29 is 8.83 Å². The molecule has 0 atom stereocenters. The molecule has 0 fully saturated rings. The molecule has 2 rings (SSSR count). The van der Waals surface area contributed by atoms with Crippen molar-refractivity contribution in [3.8, 4) is 11.3 Å². The van der Waals surface area contributed by atoms with Crippen LogP contribution in [0.1, 0.15) is 30.8 Å². The summed E-state index contributed by atoms with van der Waals surface area (Å²) in [5.74, 6) is 3.24. The summed E-state index contributed by atoms with van der Waals surface area (Å²) in [6, 6.07) is 1.97. The lowest BCUT2D eigenvalue weighted by Crippen LogP contribution is -2.13. The molecule has 0 aliphatic rings. The van der Waals surface area contributed by atoms with Crippen LogP contribution in [0.4, 0.5) is 0 Å². The van der Waals surface area contributed by atoms with Crippen LogP contribution in [-0.2, 0) is 6.54 Å². The third-order valence-corrected chi connectivity index (χ3v) is 2.56. The minimum atomic E-state index is 0.670. The summed E-state index contributed by atoms with van der Waals surface area (Å²) in [7, 11) is 0. The first-order valence-electron chi connectivity index (χ1n) is 5.93. The van der Waals surface area contributed by atoms with Gasteiger partial charge < -0.3 is 14.2 Å². The van der Waals surface area contributed by atoms with Gasteiger partial charge in [-0.2, -0.15) is 0 Å². The van der Waals surface area contributed by atoms with Crippen molar-refractivity contribution in [2.75, 3.05) is 6.54 Å². The maximum atomic E-state index is 5.68. The zero-order valence-corrected chi connectivity index (χ0v) is 10.5. The minimum absolute atomic E-state index is 0.670. The van der Waals surface area contributed by atoms with Gasteiger partial charge in [0.2, 0.25) is 5.89 Å². The second-order valence-electron chi connectivity index (χ2n) is 4.12. The molecule has 2 aromatic heterocycles. The Hall–Kier alpha value is -1.55. The van der Waals surface area contributed by atoms with E-state index in [0.717, 1.165) is 35.8 Å². The van der Waals surface area contributed by atoms with Crippen LogP contribution in [0.15, 0.2) is 21.1 Å². The van der Waals surface area contributed by atoms with E-state index in [1.165, 1.54) is 0 Å². The van der Waals surface area contributed by atoms with Gasteiger partial charge in [0, 0.05) is 0 Å². The molecule has 92 valence electrons. The lowest BCUT2D eigenvalue weighted by atomic mass is 10.2. The molecular weight excluding hydrogens is 216 g/mol. The van der Waals surface area contributed by atoms with Gasteiger partial charge in [-0.3, -0.25) is 0 Å². The molecule has 0 radical (unpaired) electrons. The van der Waals surface area contributed by atoms with Crippen LogP contribution in [0, 0.1) is 13.8 Å². The number of nitrogens with one attached hydrogen (secondary N) is 1. The quantitative estimate of drug-likeness (QED) is 0.808. The molecule has 0 saturated heterocycles. The average Bonchev–Trinajstić information content (AvgIpc) is 2.86. The standard InChI is InChI=1S/C13H18N2O2/c1-4-5-14-8-13-15-7-12(17-13)11-6-9(2)16-10(11)3/h6-7,14H,4-5,8H2,1-3H3. The molecule has 0 saturated carbocycles. The smallest absolute Gasteiger partial charge is 0.208 e. The Morgan fingerprint density at radius 3 is 2.76 bits per heavy atom. The van der Waals surface area contributed by atoms with Gasteiger partial charge in [-0.05, 0) is 32.9 Å². The molecule has 0 bridgehead atoms. The summed E-state index contributed by atoms with van der Waals surface area (Å²) >= 11 is 0. The van der Waals surface area contributed by atoms with E-state index >= 15 is 0 Å². The maximum absolute atomic E-state index is 5.68. The summed E-state index contributed by atoms with van der Waals surface area (Å²) in [4.78, 5) is 4.24. The van der Waals surface area contributed by atoms with E-state index in [-0.39, 0.29) is 0 Å². The average molecular weight is 234 g/mol. The van der Waals surface area contributed by atoms with E-state index in [2.05, 4.69) is 17.2 Å². The summed E-state index contributed by atoms with van der Waals surface area (Å²) in [5.41, 5.74) is 0.983. The first-order chi connectivity index (χ1) is 8.20. The molecule has 0 spiro atoms. The van der Waals surface area contributed by atoms with Gasteiger partial charge in [-0.15, -0.1) is 0 Å². The van der Waals surface area contributed by atoms with Crippen LogP contribution in [0.25, 0.3) is 11.3 Å². The molecule has 17 heavy (non-hydrogen) atoms. The van der Waals surface area contributed by atoms with Crippen molar-refractivity contribution in [2.45, 2.75) is 33.7 Å². The van der Waals surface area contributed by atoms with Crippen molar-refractivity contribution in [1.82, 2.24) is 10.3 Å². The van der Waals surface area contributed by atoms with Crippen LogP contribution in [0.3, 0.4) is 0 Å². The van der Waals surface area contributed by atoms with Crippen LogP contribution in [0.5, 0.6) is 0 Å². The number of nitrogens with zero attached hydrogens (tertiary/aromatic N) is 1. The van der Waals surface area contributed by atoms with Gasteiger partial charge in [-0.1, -0.05) is 6.92 Å². The fourth-order valence-electron chi connectivity index (χ4n) is 1.76. The predicted octanol–water partition coefficient (Wildman–Crippen LogP) is 3.05. The highest BCUT2D eigenvalue weighted by Gasteiger charge is 2.12. The number of furan rings is 1. The van der Waals surface area contributed by atoms with Gasteiger partial charge in [-0.25, -0.2) is 4.98 Å². The second-order valence-corrected chi connectivity index (χ2v) is 4.12.